The molecule has 1 unspecified atom stereocenters. The Morgan fingerprint density at radius 1 is 1.16 bits per heavy atom. The third-order valence-electron chi connectivity index (χ3n) is 5.39. The molecule has 5 nitrogen and oxygen atoms in total. The maximum absolute atomic E-state index is 12.9. The lowest BCUT2D eigenvalue weighted by Crippen LogP contribution is -2.46. The van der Waals surface area contributed by atoms with Gasteiger partial charge in [0.15, 0.2) is 0 Å². The Morgan fingerprint density at radius 3 is 2.52 bits per heavy atom. The standard InChI is InChI=1S/C19H27N3O2S/c1-16(2)13-21-10-3-8-19(14-21)9-11-22(15-19)25(23,24)18-6-4-17(12-20)5-7-18/h4-7,16H,3,8-11,13-15H2,1-2H3. The van der Waals surface area contributed by atoms with Gasteiger partial charge in [0.25, 0.3) is 0 Å². The maximum Gasteiger partial charge on any atom is 0.243 e. The highest BCUT2D eigenvalue weighted by Crippen LogP contribution is 2.41. The molecule has 2 aliphatic rings. The van der Waals surface area contributed by atoms with Gasteiger partial charge in [0.2, 0.25) is 10.0 Å². The summed E-state index contributed by atoms with van der Waals surface area (Å²) in [6.45, 7) is 8.90. The molecule has 1 aromatic rings. The van der Waals surface area contributed by atoms with E-state index in [0.717, 1.165) is 38.9 Å². The van der Waals surface area contributed by atoms with Crippen LogP contribution in [-0.2, 0) is 10.0 Å². The molecule has 136 valence electrons. The summed E-state index contributed by atoms with van der Waals surface area (Å²) in [7, 11) is -3.47. The molecule has 1 spiro atoms. The molecule has 1 aromatic carbocycles. The average Bonchev–Trinajstić information content (AvgIpc) is 2.98. The van der Waals surface area contributed by atoms with Gasteiger partial charge >= 0.3 is 0 Å². The van der Waals surface area contributed by atoms with Crippen molar-refractivity contribution in [3.63, 3.8) is 0 Å². The van der Waals surface area contributed by atoms with E-state index in [0.29, 0.717) is 29.5 Å². The molecule has 0 aromatic heterocycles. The van der Waals surface area contributed by atoms with Crippen LogP contribution in [-0.4, -0.2) is 50.3 Å². The number of sulfonamides is 1. The van der Waals surface area contributed by atoms with Crippen molar-refractivity contribution in [3.05, 3.63) is 29.8 Å². The molecule has 0 radical (unpaired) electrons. The number of hydrogen-bond donors (Lipinski definition) is 0. The van der Waals surface area contributed by atoms with Crippen LogP contribution >= 0.6 is 0 Å². The Hall–Kier alpha value is -1.42. The van der Waals surface area contributed by atoms with Crippen molar-refractivity contribution in [1.29, 1.82) is 5.26 Å². The third-order valence-corrected chi connectivity index (χ3v) is 7.25. The van der Waals surface area contributed by atoms with Crippen molar-refractivity contribution >= 4 is 10.0 Å². The first-order valence-electron chi connectivity index (χ1n) is 9.07. The Kier molecular flexibility index (Phi) is 5.19. The van der Waals surface area contributed by atoms with Crippen molar-refractivity contribution in [2.45, 2.75) is 38.0 Å². The molecule has 2 heterocycles. The smallest absolute Gasteiger partial charge is 0.243 e. The molecule has 2 fully saturated rings. The van der Waals surface area contributed by atoms with E-state index in [-0.39, 0.29) is 5.41 Å². The summed E-state index contributed by atoms with van der Waals surface area (Å²) < 4.78 is 27.5. The van der Waals surface area contributed by atoms with Crippen molar-refractivity contribution in [2.24, 2.45) is 11.3 Å². The maximum atomic E-state index is 12.9. The number of benzene rings is 1. The third kappa shape index (κ3) is 3.89. The van der Waals surface area contributed by atoms with Crippen LogP contribution in [0.3, 0.4) is 0 Å². The molecule has 2 aliphatic heterocycles. The Bertz CT molecular complexity index is 752. The van der Waals surface area contributed by atoms with Crippen LogP contribution in [0.1, 0.15) is 38.7 Å². The molecule has 0 aliphatic carbocycles. The van der Waals surface area contributed by atoms with Gasteiger partial charge < -0.3 is 4.90 Å². The van der Waals surface area contributed by atoms with Crippen LogP contribution < -0.4 is 0 Å². The van der Waals surface area contributed by atoms with Gasteiger partial charge in [0.05, 0.1) is 16.5 Å². The van der Waals surface area contributed by atoms with Crippen molar-refractivity contribution < 1.29 is 8.42 Å². The van der Waals surface area contributed by atoms with Crippen LogP contribution in [0, 0.1) is 22.7 Å². The van der Waals surface area contributed by atoms with Crippen LogP contribution in [0.5, 0.6) is 0 Å². The van der Waals surface area contributed by atoms with Gasteiger partial charge in [0.1, 0.15) is 0 Å². The Labute approximate surface area is 151 Å². The van der Waals surface area contributed by atoms with E-state index < -0.39 is 10.0 Å². The molecule has 0 saturated carbocycles. The number of likely N-dealkylation sites (tertiary alicyclic amines) is 1. The van der Waals surface area contributed by atoms with E-state index in [9.17, 15) is 8.42 Å². The summed E-state index contributed by atoms with van der Waals surface area (Å²) >= 11 is 0. The predicted octanol–water partition coefficient (Wildman–Crippen LogP) is 2.69. The van der Waals surface area contributed by atoms with Crippen molar-refractivity contribution in [1.82, 2.24) is 9.21 Å². The average molecular weight is 362 g/mol. The molecule has 1 atom stereocenters. The minimum atomic E-state index is -3.47. The monoisotopic (exact) mass is 361 g/mol. The SMILES string of the molecule is CC(C)CN1CCCC2(CCN(S(=O)(=O)c3ccc(C#N)cc3)C2)C1. The number of nitrogens with zero attached hydrogens (tertiary/aromatic N) is 3. The number of nitriles is 1. The topological polar surface area (TPSA) is 64.4 Å². The zero-order valence-electron chi connectivity index (χ0n) is 15.1. The quantitative estimate of drug-likeness (QED) is 0.827. The largest absolute Gasteiger partial charge is 0.302 e. The van der Waals surface area contributed by atoms with Gasteiger partial charge in [0, 0.05) is 26.2 Å². The van der Waals surface area contributed by atoms with Crippen molar-refractivity contribution in [2.75, 3.05) is 32.7 Å². The normalized spacial score (nSPS) is 25.5. The molecule has 0 amide bonds. The first kappa shape index (κ1) is 18.4. The molecular weight excluding hydrogens is 334 g/mol. The lowest BCUT2D eigenvalue weighted by Gasteiger charge is -2.41. The molecule has 2 saturated heterocycles. The zero-order valence-corrected chi connectivity index (χ0v) is 15.9. The van der Waals surface area contributed by atoms with E-state index in [2.05, 4.69) is 18.7 Å². The zero-order chi connectivity index (χ0) is 18.1. The lowest BCUT2D eigenvalue weighted by atomic mass is 9.79. The van der Waals surface area contributed by atoms with Crippen LogP contribution in [0.15, 0.2) is 29.2 Å². The van der Waals surface area contributed by atoms with E-state index in [1.807, 2.05) is 6.07 Å². The minimum absolute atomic E-state index is 0.104. The van der Waals surface area contributed by atoms with Crippen LogP contribution in [0.4, 0.5) is 0 Å². The van der Waals surface area contributed by atoms with E-state index in [1.54, 1.807) is 28.6 Å². The first-order chi connectivity index (χ1) is 11.8. The molecule has 25 heavy (non-hydrogen) atoms. The van der Waals surface area contributed by atoms with Crippen molar-refractivity contribution in [3.8, 4) is 6.07 Å². The second-order valence-corrected chi connectivity index (χ2v) is 9.90. The van der Waals surface area contributed by atoms with Crippen LogP contribution in [0.2, 0.25) is 0 Å². The summed E-state index contributed by atoms with van der Waals surface area (Å²) in [5.41, 5.74) is 0.584. The highest BCUT2D eigenvalue weighted by Gasteiger charge is 2.45. The highest BCUT2D eigenvalue weighted by molar-refractivity contribution is 7.89. The number of hydrogen-bond acceptors (Lipinski definition) is 4. The Morgan fingerprint density at radius 2 is 1.88 bits per heavy atom. The fraction of sp³-hybridized carbons (Fsp3) is 0.632. The van der Waals surface area contributed by atoms with Gasteiger partial charge in [-0.25, -0.2) is 8.42 Å². The molecule has 0 N–H and O–H groups in total. The van der Waals surface area contributed by atoms with Gasteiger partial charge in [-0.3, -0.25) is 0 Å². The second-order valence-electron chi connectivity index (χ2n) is 7.96. The summed E-state index contributed by atoms with van der Waals surface area (Å²) in [6.07, 6.45) is 3.20. The Balaban J connectivity index is 1.73. The highest BCUT2D eigenvalue weighted by atomic mass is 32.2. The summed E-state index contributed by atoms with van der Waals surface area (Å²) in [4.78, 5) is 2.80. The molecule has 3 rings (SSSR count). The summed E-state index contributed by atoms with van der Waals surface area (Å²) in [5.74, 6) is 0.634. The summed E-state index contributed by atoms with van der Waals surface area (Å²) in [5, 5.41) is 8.88. The fourth-order valence-electron chi connectivity index (χ4n) is 4.27. The van der Waals surface area contributed by atoms with Gasteiger partial charge in [-0.2, -0.15) is 9.57 Å². The molecule has 0 bridgehead atoms. The minimum Gasteiger partial charge on any atom is -0.302 e. The van der Waals surface area contributed by atoms with E-state index in [4.69, 9.17) is 5.26 Å². The number of piperidine rings is 1. The van der Waals surface area contributed by atoms with Gasteiger partial charge in [-0.1, -0.05) is 13.8 Å². The number of rotatable bonds is 4. The van der Waals surface area contributed by atoms with E-state index >= 15 is 0 Å². The van der Waals surface area contributed by atoms with Crippen LogP contribution in [0.25, 0.3) is 0 Å². The summed E-state index contributed by atoms with van der Waals surface area (Å²) in [6, 6.07) is 8.27. The van der Waals surface area contributed by atoms with Gasteiger partial charge in [-0.15, -0.1) is 0 Å². The van der Waals surface area contributed by atoms with Gasteiger partial charge in [-0.05, 0) is 61.4 Å². The van der Waals surface area contributed by atoms with E-state index in [1.165, 1.54) is 0 Å². The first-order valence-corrected chi connectivity index (χ1v) is 10.5. The molecular formula is C19H27N3O2S. The lowest BCUT2D eigenvalue weighted by molar-refractivity contribution is 0.0897. The predicted molar refractivity (Wildman–Crippen MR) is 97.5 cm³/mol. The molecule has 6 heteroatoms. The second kappa shape index (κ2) is 7.06. The fourth-order valence-corrected chi connectivity index (χ4v) is 5.82.